The second kappa shape index (κ2) is 9.23. The van der Waals surface area contributed by atoms with E-state index in [0.717, 1.165) is 27.9 Å². The van der Waals surface area contributed by atoms with E-state index < -0.39 is 0 Å². The molecule has 2 amide bonds. The highest BCUT2D eigenvalue weighted by Crippen LogP contribution is 2.28. The molecule has 4 aromatic rings. The van der Waals surface area contributed by atoms with Crippen molar-refractivity contribution in [1.29, 1.82) is 0 Å². The largest absolute Gasteiger partial charge is 0.324 e. The Bertz CT molecular complexity index is 1500. The van der Waals surface area contributed by atoms with Crippen molar-refractivity contribution in [1.82, 2.24) is 9.55 Å². The van der Waals surface area contributed by atoms with Crippen LogP contribution in [-0.4, -0.2) is 21.4 Å². The topological polar surface area (TPSA) is 93.1 Å². The molecule has 2 N–H and O–H groups in total. The van der Waals surface area contributed by atoms with Crippen LogP contribution >= 0.6 is 11.3 Å². The number of carbonyl (C=O) groups excluding carboxylic acids is 2. The quantitative estimate of drug-likeness (QED) is 0.431. The van der Waals surface area contributed by atoms with E-state index in [-0.39, 0.29) is 23.9 Å². The Balaban J connectivity index is 1.59. The van der Waals surface area contributed by atoms with Gasteiger partial charge in [0.05, 0.1) is 16.6 Å². The Morgan fingerprint density at radius 3 is 2.44 bits per heavy atom. The number of benzene rings is 2. The number of hydrogen-bond donors (Lipinski definition) is 2. The van der Waals surface area contributed by atoms with Crippen LogP contribution in [0.1, 0.15) is 37.5 Å². The van der Waals surface area contributed by atoms with E-state index in [1.165, 1.54) is 22.2 Å². The van der Waals surface area contributed by atoms with E-state index in [2.05, 4.69) is 15.6 Å². The lowest BCUT2D eigenvalue weighted by Crippen LogP contribution is -2.28. The summed E-state index contributed by atoms with van der Waals surface area (Å²) in [6, 6.07) is 11.5. The summed E-state index contributed by atoms with van der Waals surface area (Å²) in [6.07, 6.45) is 1.36. The van der Waals surface area contributed by atoms with Gasteiger partial charge >= 0.3 is 0 Å². The first-order valence-corrected chi connectivity index (χ1v) is 11.7. The Kier molecular flexibility index (Phi) is 6.34. The molecule has 4 rings (SSSR count). The summed E-state index contributed by atoms with van der Waals surface area (Å²) in [5, 5.41) is 6.15. The molecule has 0 atom stereocenters. The van der Waals surface area contributed by atoms with Crippen molar-refractivity contribution < 1.29 is 9.59 Å². The fourth-order valence-corrected chi connectivity index (χ4v) is 4.89. The second-order valence-electron chi connectivity index (χ2n) is 8.48. The molecule has 2 heterocycles. The third-order valence-corrected chi connectivity index (χ3v) is 7.14. The number of carbonyl (C=O) groups is 2. The smallest absolute Gasteiger partial charge is 0.266 e. The molecule has 0 saturated heterocycles. The van der Waals surface area contributed by atoms with Crippen LogP contribution in [0.5, 0.6) is 0 Å². The van der Waals surface area contributed by atoms with Gasteiger partial charge in [0.1, 0.15) is 11.4 Å². The van der Waals surface area contributed by atoms with Crippen LogP contribution in [-0.2, 0) is 11.3 Å². The Labute approximate surface area is 201 Å². The Hall–Kier alpha value is -3.78. The van der Waals surface area contributed by atoms with Crippen LogP contribution < -0.4 is 16.2 Å². The molecule has 2 aromatic heterocycles. The van der Waals surface area contributed by atoms with Gasteiger partial charge in [-0.05, 0) is 69.0 Å². The fourth-order valence-electron chi connectivity index (χ4n) is 3.85. The van der Waals surface area contributed by atoms with Gasteiger partial charge in [-0.2, -0.15) is 0 Å². The molecular weight excluding hydrogens is 448 g/mol. The third-order valence-electron chi connectivity index (χ3n) is 5.95. The van der Waals surface area contributed by atoms with Crippen LogP contribution in [0.15, 0.2) is 47.5 Å². The second-order valence-corrected chi connectivity index (χ2v) is 9.48. The lowest BCUT2D eigenvalue weighted by molar-refractivity contribution is -0.116. The van der Waals surface area contributed by atoms with E-state index >= 15 is 0 Å². The van der Waals surface area contributed by atoms with Gasteiger partial charge in [0.25, 0.3) is 11.5 Å². The minimum atomic E-state index is -0.347. The summed E-state index contributed by atoms with van der Waals surface area (Å²) in [6.45, 7) is 9.40. The molecule has 0 aliphatic carbocycles. The van der Waals surface area contributed by atoms with Gasteiger partial charge in [-0.15, -0.1) is 11.3 Å². The maximum absolute atomic E-state index is 13.2. The number of aromatic nitrogens is 2. The van der Waals surface area contributed by atoms with Gasteiger partial charge in [-0.1, -0.05) is 29.8 Å². The zero-order valence-corrected chi connectivity index (χ0v) is 20.6. The average Bonchev–Trinajstić information content (AvgIpc) is 3.12. The standard InChI is InChI=1S/C26H26N4O3S/c1-14-9-10-19(16(3)11-14)29-24(32)23-18(5)22-25(34-23)27-13-30(26(22)33)12-21(31)28-20-8-6-7-15(2)17(20)4/h6-11,13H,12H2,1-5H3,(H,28,31)(H,29,32). The highest BCUT2D eigenvalue weighted by atomic mass is 32.1. The van der Waals surface area contributed by atoms with Gasteiger partial charge in [0, 0.05) is 11.4 Å². The molecule has 8 heteroatoms. The predicted octanol–water partition coefficient (Wildman–Crippen LogP) is 4.89. The van der Waals surface area contributed by atoms with Crippen LogP contribution in [0.25, 0.3) is 10.2 Å². The minimum absolute atomic E-state index is 0.172. The number of anilines is 2. The van der Waals surface area contributed by atoms with Crippen molar-refractivity contribution in [3.8, 4) is 0 Å². The minimum Gasteiger partial charge on any atom is -0.324 e. The van der Waals surface area contributed by atoms with Crippen molar-refractivity contribution in [2.24, 2.45) is 0 Å². The number of rotatable bonds is 5. The van der Waals surface area contributed by atoms with Crippen molar-refractivity contribution in [2.45, 2.75) is 41.2 Å². The molecule has 0 spiro atoms. The van der Waals surface area contributed by atoms with Crippen molar-refractivity contribution in [2.75, 3.05) is 10.6 Å². The molecule has 34 heavy (non-hydrogen) atoms. The molecule has 0 saturated carbocycles. The summed E-state index contributed by atoms with van der Waals surface area (Å²) in [5.74, 6) is -0.608. The lowest BCUT2D eigenvalue weighted by Gasteiger charge is -2.11. The fraction of sp³-hybridized carbons (Fsp3) is 0.231. The molecule has 174 valence electrons. The van der Waals surface area contributed by atoms with E-state index in [4.69, 9.17) is 0 Å². The van der Waals surface area contributed by atoms with Crippen molar-refractivity contribution in [3.63, 3.8) is 0 Å². The van der Waals surface area contributed by atoms with Crippen molar-refractivity contribution >= 4 is 44.7 Å². The first kappa shape index (κ1) is 23.4. The normalized spacial score (nSPS) is 11.0. The van der Waals surface area contributed by atoms with Gasteiger partial charge in [-0.3, -0.25) is 19.0 Å². The van der Waals surface area contributed by atoms with E-state index in [1.807, 2.05) is 64.1 Å². The number of nitrogens with zero attached hydrogens (tertiary/aromatic N) is 2. The van der Waals surface area contributed by atoms with Crippen molar-refractivity contribution in [3.05, 3.63) is 85.8 Å². The highest BCUT2D eigenvalue weighted by molar-refractivity contribution is 7.20. The van der Waals surface area contributed by atoms with Crippen LogP contribution in [0.2, 0.25) is 0 Å². The molecular formula is C26H26N4O3S. The monoisotopic (exact) mass is 474 g/mol. The summed E-state index contributed by atoms with van der Waals surface area (Å²) in [5.41, 5.74) is 5.76. The molecule has 2 aromatic carbocycles. The molecule has 0 fully saturated rings. The van der Waals surface area contributed by atoms with Gasteiger partial charge in [0.15, 0.2) is 0 Å². The van der Waals surface area contributed by atoms with E-state index in [9.17, 15) is 14.4 Å². The zero-order chi connectivity index (χ0) is 24.6. The number of fused-ring (bicyclic) bond motifs is 1. The number of aryl methyl sites for hydroxylation is 4. The summed E-state index contributed by atoms with van der Waals surface area (Å²) >= 11 is 1.17. The van der Waals surface area contributed by atoms with Gasteiger partial charge in [-0.25, -0.2) is 4.98 Å². The van der Waals surface area contributed by atoms with Gasteiger partial charge in [0.2, 0.25) is 5.91 Å². The molecule has 0 unspecified atom stereocenters. The lowest BCUT2D eigenvalue weighted by atomic mass is 10.1. The third kappa shape index (κ3) is 4.49. The number of nitrogens with one attached hydrogen (secondary N) is 2. The summed E-state index contributed by atoms with van der Waals surface area (Å²) in [7, 11) is 0. The zero-order valence-electron chi connectivity index (χ0n) is 19.8. The molecule has 0 bridgehead atoms. The first-order chi connectivity index (χ1) is 16.2. The molecule has 7 nitrogen and oxygen atoms in total. The summed E-state index contributed by atoms with van der Waals surface area (Å²) < 4.78 is 1.27. The Morgan fingerprint density at radius 2 is 1.71 bits per heavy atom. The molecule has 0 aliphatic heterocycles. The maximum Gasteiger partial charge on any atom is 0.266 e. The first-order valence-electron chi connectivity index (χ1n) is 10.9. The number of hydrogen-bond acceptors (Lipinski definition) is 5. The maximum atomic E-state index is 13.2. The highest BCUT2D eigenvalue weighted by Gasteiger charge is 2.21. The molecule has 0 radical (unpaired) electrons. The SMILES string of the molecule is Cc1ccc(NC(=O)c2sc3ncn(CC(=O)Nc4cccc(C)c4C)c(=O)c3c2C)c(C)c1. The number of thiophene rings is 1. The van der Waals surface area contributed by atoms with Gasteiger partial charge < -0.3 is 10.6 Å². The average molecular weight is 475 g/mol. The summed E-state index contributed by atoms with van der Waals surface area (Å²) in [4.78, 5) is 44.0. The van der Waals surface area contributed by atoms with Crippen LogP contribution in [0.4, 0.5) is 11.4 Å². The van der Waals surface area contributed by atoms with E-state index in [0.29, 0.717) is 26.3 Å². The van der Waals surface area contributed by atoms with E-state index in [1.54, 1.807) is 6.92 Å². The van der Waals surface area contributed by atoms with Crippen LogP contribution in [0, 0.1) is 34.6 Å². The molecule has 0 aliphatic rings. The predicted molar refractivity (Wildman–Crippen MR) is 137 cm³/mol. The Morgan fingerprint density at radius 1 is 0.941 bits per heavy atom. The number of amides is 2. The van der Waals surface area contributed by atoms with Crippen LogP contribution in [0.3, 0.4) is 0 Å².